The second-order valence-electron chi connectivity index (χ2n) is 2.92. The quantitative estimate of drug-likeness (QED) is 0.498. The number of pyridine rings is 1. The summed E-state index contributed by atoms with van der Waals surface area (Å²) in [5.41, 5.74) is 0. The molecule has 0 bridgehead atoms. The maximum atomic E-state index is 6.75. The number of rotatable bonds is 3. The van der Waals surface area contributed by atoms with Crippen molar-refractivity contribution in [3.05, 3.63) is 31.5 Å². The number of aromatic nitrogens is 1. The van der Waals surface area contributed by atoms with Gasteiger partial charge < -0.3 is 15.3 Å². The summed E-state index contributed by atoms with van der Waals surface area (Å²) in [5, 5.41) is 6.75. The van der Waals surface area contributed by atoms with Gasteiger partial charge in [-0.3, -0.25) is 0 Å². The van der Waals surface area contributed by atoms with Crippen LogP contribution in [-0.4, -0.2) is 22.2 Å². The number of nitrogens with zero attached hydrogens (tertiary/aromatic N) is 1. The van der Waals surface area contributed by atoms with Crippen molar-refractivity contribution in [2.24, 2.45) is 5.92 Å². The second kappa shape index (κ2) is 11.0. The van der Waals surface area contributed by atoms with E-state index in [0.29, 0.717) is 0 Å². The van der Waals surface area contributed by atoms with Crippen molar-refractivity contribution in [2.75, 3.05) is 6.61 Å². The van der Waals surface area contributed by atoms with Crippen molar-refractivity contribution >= 4 is 0 Å². The second-order valence-corrected chi connectivity index (χ2v) is 2.92. The van der Waals surface area contributed by atoms with Crippen molar-refractivity contribution in [1.29, 1.82) is 0 Å². The van der Waals surface area contributed by atoms with Gasteiger partial charge in [-0.05, 0) is 24.8 Å². The minimum absolute atomic E-state index is 0. The standard InChI is InChI=1S/C9H11NO.CH3O.K.H2O/c1-2-6-10-9(3-1)11-7-8-4-5-8;1-2;;/h1-3,6,8H,4-5,7H2;2H,1H2;;1H2/q;-1;+1;. The molecular weight excluding hydrogens is 221 g/mol. The summed E-state index contributed by atoms with van der Waals surface area (Å²) in [4.78, 5) is 4.06. The predicted octanol–water partition coefficient (Wildman–Crippen LogP) is -1.80. The van der Waals surface area contributed by atoms with Crippen LogP contribution in [0.3, 0.4) is 0 Å². The molecule has 1 fully saturated rings. The van der Waals surface area contributed by atoms with Crippen LogP contribution in [0.5, 0.6) is 5.88 Å². The Morgan fingerprint density at radius 1 is 1.40 bits per heavy atom. The topological polar surface area (TPSA) is 73.9 Å². The van der Waals surface area contributed by atoms with Gasteiger partial charge >= 0.3 is 51.4 Å². The molecule has 4 nitrogen and oxygen atoms in total. The SMILES string of the molecule is O.[CH2-]O.[K+].c1ccc(OCC2CC2)nc1. The first kappa shape index (κ1) is 17.9. The summed E-state index contributed by atoms with van der Waals surface area (Å²) >= 11 is 0. The molecule has 1 aromatic heterocycles. The smallest absolute Gasteiger partial charge is 0.569 e. The van der Waals surface area contributed by atoms with Gasteiger partial charge in [-0.1, -0.05) is 6.07 Å². The normalized spacial score (nSPS) is 12.4. The summed E-state index contributed by atoms with van der Waals surface area (Å²) < 4.78 is 5.42. The van der Waals surface area contributed by atoms with Gasteiger partial charge in [0.15, 0.2) is 0 Å². The molecule has 1 aliphatic rings. The van der Waals surface area contributed by atoms with E-state index in [1.54, 1.807) is 6.20 Å². The Morgan fingerprint density at radius 3 is 2.53 bits per heavy atom. The molecule has 1 heterocycles. The Hall–Kier alpha value is 0.506. The molecule has 5 heteroatoms. The first-order chi connectivity index (χ1) is 6.45. The van der Waals surface area contributed by atoms with Crippen molar-refractivity contribution < 1.29 is 66.7 Å². The molecule has 3 N–H and O–H groups in total. The maximum Gasteiger partial charge on any atom is 1.00 e. The Balaban J connectivity index is 0. The van der Waals surface area contributed by atoms with Crippen LogP contribution in [0.25, 0.3) is 0 Å². The van der Waals surface area contributed by atoms with Crippen LogP contribution < -0.4 is 56.1 Å². The fourth-order valence-corrected chi connectivity index (χ4v) is 0.920. The Labute approximate surface area is 133 Å². The molecule has 0 aromatic carbocycles. The van der Waals surface area contributed by atoms with Gasteiger partial charge in [0.2, 0.25) is 5.88 Å². The van der Waals surface area contributed by atoms with E-state index in [0.717, 1.165) is 18.4 Å². The first-order valence-electron chi connectivity index (χ1n) is 4.30. The molecule has 1 saturated carbocycles. The average molecular weight is 237 g/mol. The minimum Gasteiger partial charge on any atom is -0.569 e. The van der Waals surface area contributed by atoms with Gasteiger partial charge in [0.05, 0.1) is 6.61 Å². The van der Waals surface area contributed by atoms with E-state index >= 15 is 0 Å². The molecule has 0 atom stereocenters. The zero-order chi connectivity index (χ0) is 9.52. The van der Waals surface area contributed by atoms with Crippen LogP contribution in [0.4, 0.5) is 0 Å². The maximum absolute atomic E-state index is 6.75. The van der Waals surface area contributed by atoms with Gasteiger partial charge in [-0.15, -0.1) is 0 Å². The minimum atomic E-state index is 0. The molecule has 15 heavy (non-hydrogen) atoms. The van der Waals surface area contributed by atoms with E-state index < -0.39 is 0 Å². The average Bonchev–Trinajstić information content (AvgIpc) is 3.03. The number of aliphatic hydroxyl groups is 1. The zero-order valence-electron chi connectivity index (χ0n) is 9.02. The van der Waals surface area contributed by atoms with Crippen LogP contribution >= 0.6 is 0 Å². The molecule has 0 unspecified atom stereocenters. The van der Waals surface area contributed by atoms with Crippen molar-refractivity contribution in [1.82, 2.24) is 4.98 Å². The van der Waals surface area contributed by atoms with Crippen molar-refractivity contribution in [2.45, 2.75) is 12.8 Å². The van der Waals surface area contributed by atoms with Gasteiger partial charge in [0.1, 0.15) is 0 Å². The summed E-state index contributed by atoms with van der Waals surface area (Å²) in [6.45, 7) is 0.844. The fraction of sp³-hybridized carbons (Fsp3) is 0.400. The predicted molar refractivity (Wildman–Crippen MR) is 53.4 cm³/mol. The number of hydrogen-bond acceptors (Lipinski definition) is 3. The molecule has 2 rings (SSSR count). The number of ether oxygens (including phenoxy) is 1. The van der Waals surface area contributed by atoms with Crippen LogP contribution in [0, 0.1) is 13.0 Å². The number of aliphatic hydroxyl groups excluding tert-OH is 1. The fourth-order valence-electron chi connectivity index (χ4n) is 0.920. The largest absolute Gasteiger partial charge is 1.00 e. The summed E-state index contributed by atoms with van der Waals surface area (Å²) in [6.07, 6.45) is 4.40. The third kappa shape index (κ3) is 8.33. The molecule has 1 aromatic rings. The van der Waals surface area contributed by atoms with E-state index in [1.807, 2.05) is 18.2 Å². The van der Waals surface area contributed by atoms with E-state index in [9.17, 15) is 0 Å². The zero-order valence-corrected chi connectivity index (χ0v) is 12.1. The van der Waals surface area contributed by atoms with Crippen LogP contribution in [0.15, 0.2) is 24.4 Å². The Bertz CT molecular complexity index is 229. The van der Waals surface area contributed by atoms with Gasteiger partial charge in [-0.25, -0.2) is 12.1 Å². The molecule has 0 spiro atoms. The van der Waals surface area contributed by atoms with Gasteiger partial charge in [0, 0.05) is 12.3 Å². The third-order valence-electron chi connectivity index (χ3n) is 1.80. The number of hydrogen-bond donors (Lipinski definition) is 1. The molecule has 0 saturated heterocycles. The van der Waals surface area contributed by atoms with Gasteiger partial charge in [-0.2, -0.15) is 0 Å². The first-order valence-corrected chi connectivity index (χ1v) is 4.30. The van der Waals surface area contributed by atoms with E-state index in [2.05, 4.69) is 12.1 Å². The Morgan fingerprint density at radius 2 is 2.07 bits per heavy atom. The van der Waals surface area contributed by atoms with Crippen molar-refractivity contribution in [3.63, 3.8) is 0 Å². The van der Waals surface area contributed by atoms with E-state index in [4.69, 9.17) is 9.84 Å². The molecule has 1 aliphatic carbocycles. The molecule has 0 aliphatic heterocycles. The summed E-state index contributed by atoms with van der Waals surface area (Å²) in [5.74, 6) is 1.55. The van der Waals surface area contributed by atoms with E-state index in [1.165, 1.54) is 12.8 Å². The molecule has 80 valence electrons. The van der Waals surface area contributed by atoms with E-state index in [-0.39, 0.29) is 56.9 Å². The van der Waals surface area contributed by atoms with Crippen LogP contribution in [0.2, 0.25) is 0 Å². The van der Waals surface area contributed by atoms with Crippen LogP contribution in [-0.2, 0) is 0 Å². The summed E-state index contributed by atoms with van der Waals surface area (Å²) in [6, 6.07) is 5.72. The molecule has 0 amide bonds. The van der Waals surface area contributed by atoms with Crippen LogP contribution in [0.1, 0.15) is 12.8 Å². The summed E-state index contributed by atoms with van der Waals surface area (Å²) in [7, 11) is 2.25. The molecule has 0 radical (unpaired) electrons. The molecular formula is C10H16KNO3. The van der Waals surface area contributed by atoms with Crippen molar-refractivity contribution in [3.8, 4) is 5.88 Å². The Kier molecular flexibility index (Phi) is 13.1. The monoisotopic (exact) mass is 237 g/mol. The third-order valence-corrected chi connectivity index (χ3v) is 1.80. The van der Waals surface area contributed by atoms with Gasteiger partial charge in [0.25, 0.3) is 0 Å².